The first-order chi connectivity index (χ1) is 14.1. The summed E-state index contributed by atoms with van der Waals surface area (Å²) in [6, 6.07) is 15.6. The molecule has 2 aromatic carbocycles. The van der Waals surface area contributed by atoms with Gasteiger partial charge in [0, 0.05) is 30.8 Å². The first kappa shape index (κ1) is 19.3. The van der Waals surface area contributed by atoms with E-state index in [4.69, 9.17) is 0 Å². The third-order valence-corrected chi connectivity index (χ3v) is 6.09. The lowest BCUT2D eigenvalue weighted by Crippen LogP contribution is -2.40. The van der Waals surface area contributed by atoms with E-state index in [1.165, 1.54) is 0 Å². The van der Waals surface area contributed by atoms with Crippen LogP contribution in [-0.2, 0) is 9.59 Å². The molecule has 6 heteroatoms. The fraction of sp³-hybridized carbons (Fsp3) is 0.261. The Morgan fingerprint density at radius 1 is 1.14 bits per heavy atom. The van der Waals surface area contributed by atoms with Crippen LogP contribution in [0.25, 0.3) is 16.3 Å². The molecule has 1 aliphatic rings. The summed E-state index contributed by atoms with van der Waals surface area (Å²) in [4.78, 5) is 31.3. The van der Waals surface area contributed by atoms with Crippen LogP contribution in [0, 0.1) is 12.8 Å². The largest absolute Gasteiger partial charge is 0.339 e. The molecular weight excluding hydrogens is 382 g/mol. The summed E-state index contributed by atoms with van der Waals surface area (Å²) in [5.41, 5.74) is 2.76. The van der Waals surface area contributed by atoms with Crippen LogP contribution in [0.3, 0.4) is 0 Å². The molecule has 4 rings (SSSR count). The van der Waals surface area contributed by atoms with Crippen molar-refractivity contribution in [1.29, 1.82) is 0 Å². The van der Waals surface area contributed by atoms with Crippen molar-refractivity contribution in [1.82, 2.24) is 9.88 Å². The maximum atomic E-state index is 12.7. The number of fused-ring (bicyclic) bond motifs is 1. The molecule has 0 saturated carbocycles. The Morgan fingerprint density at radius 3 is 2.66 bits per heavy atom. The van der Waals surface area contributed by atoms with Crippen LogP contribution < -0.4 is 5.32 Å². The van der Waals surface area contributed by atoms with Gasteiger partial charge in [-0.25, -0.2) is 4.98 Å². The first-order valence-electron chi connectivity index (χ1n) is 9.78. The van der Waals surface area contributed by atoms with E-state index >= 15 is 0 Å². The molecule has 5 nitrogen and oxygen atoms in total. The Balaban J connectivity index is 1.30. The topological polar surface area (TPSA) is 62.3 Å². The molecule has 29 heavy (non-hydrogen) atoms. The summed E-state index contributed by atoms with van der Waals surface area (Å²) in [7, 11) is 0. The molecule has 1 aromatic heterocycles. The fourth-order valence-corrected chi connectivity index (χ4v) is 4.43. The van der Waals surface area contributed by atoms with Gasteiger partial charge in [-0.05, 0) is 49.6 Å². The Labute approximate surface area is 174 Å². The van der Waals surface area contributed by atoms with Gasteiger partial charge in [-0.2, -0.15) is 0 Å². The lowest BCUT2D eigenvalue weighted by molar-refractivity contribution is -0.130. The van der Waals surface area contributed by atoms with E-state index in [9.17, 15) is 9.59 Å². The third kappa shape index (κ3) is 4.71. The summed E-state index contributed by atoms with van der Waals surface area (Å²) < 4.78 is 1.07. The Morgan fingerprint density at radius 2 is 1.90 bits per heavy atom. The second kappa shape index (κ2) is 8.57. The van der Waals surface area contributed by atoms with Crippen LogP contribution in [0.4, 0.5) is 5.69 Å². The van der Waals surface area contributed by atoms with Gasteiger partial charge in [0.15, 0.2) is 0 Å². The molecule has 1 N–H and O–H groups in total. The SMILES string of the molecule is Cc1nc2ccc(NC(=O)C3CCN(C(=O)/C=C/c4ccccc4)CC3)cc2s1. The van der Waals surface area contributed by atoms with Gasteiger partial charge in [0.1, 0.15) is 0 Å². The Hall–Kier alpha value is -2.99. The molecular formula is C23H23N3O2S. The van der Waals surface area contributed by atoms with E-state index < -0.39 is 0 Å². The lowest BCUT2D eigenvalue weighted by atomic mass is 9.95. The highest BCUT2D eigenvalue weighted by Crippen LogP contribution is 2.26. The van der Waals surface area contributed by atoms with Crippen molar-refractivity contribution in [2.24, 2.45) is 5.92 Å². The van der Waals surface area contributed by atoms with E-state index in [0.29, 0.717) is 25.9 Å². The molecule has 0 radical (unpaired) electrons. The van der Waals surface area contributed by atoms with Gasteiger partial charge in [-0.1, -0.05) is 30.3 Å². The number of carbonyl (C=O) groups excluding carboxylic acids is 2. The van der Waals surface area contributed by atoms with Gasteiger partial charge in [0.25, 0.3) is 0 Å². The van der Waals surface area contributed by atoms with Crippen LogP contribution in [0.5, 0.6) is 0 Å². The van der Waals surface area contributed by atoms with Crippen LogP contribution in [0.2, 0.25) is 0 Å². The zero-order valence-electron chi connectivity index (χ0n) is 16.3. The molecule has 0 unspecified atom stereocenters. The van der Waals surface area contributed by atoms with Crippen LogP contribution in [0.1, 0.15) is 23.4 Å². The Bertz CT molecular complexity index is 1050. The fourth-order valence-electron chi connectivity index (χ4n) is 3.56. The number of hydrogen-bond acceptors (Lipinski definition) is 4. The van der Waals surface area contributed by atoms with Crippen molar-refractivity contribution < 1.29 is 9.59 Å². The van der Waals surface area contributed by atoms with Gasteiger partial charge in [0.2, 0.25) is 11.8 Å². The molecule has 1 aliphatic heterocycles. The number of anilines is 1. The van der Waals surface area contributed by atoms with Crippen molar-refractivity contribution in [3.05, 3.63) is 65.2 Å². The summed E-state index contributed by atoms with van der Waals surface area (Å²) in [5, 5.41) is 4.04. The Kier molecular flexibility index (Phi) is 5.71. The van der Waals surface area contributed by atoms with Gasteiger partial charge in [0.05, 0.1) is 15.2 Å². The zero-order valence-corrected chi connectivity index (χ0v) is 17.1. The summed E-state index contributed by atoms with van der Waals surface area (Å²) in [6.07, 6.45) is 4.80. The van der Waals surface area contributed by atoms with E-state index in [-0.39, 0.29) is 17.7 Å². The second-order valence-electron chi connectivity index (χ2n) is 7.25. The molecule has 148 valence electrons. The lowest BCUT2D eigenvalue weighted by Gasteiger charge is -2.30. The third-order valence-electron chi connectivity index (χ3n) is 5.16. The van der Waals surface area contributed by atoms with Gasteiger partial charge in [-0.15, -0.1) is 11.3 Å². The number of likely N-dealkylation sites (tertiary alicyclic amines) is 1. The molecule has 2 heterocycles. The molecule has 0 spiro atoms. The van der Waals surface area contributed by atoms with E-state index in [2.05, 4.69) is 10.3 Å². The molecule has 1 saturated heterocycles. The number of benzene rings is 2. The maximum absolute atomic E-state index is 12.7. The minimum atomic E-state index is -0.0731. The van der Waals surface area contributed by atoms with Crippen molar-refractivity contribution in [2.45, 2.75) is 19.8 Å². The number of aromatic nitrogens is 1. The number of carbonyl (C=O) groups is 2. The summed E-state index contributed by atoms with van der Waals surface area (Å²) in [6.45, 7) is 3.18. The summed E-state index contributed by atoms with van der Waals surface area (Å²) >= 11 is 1.62. The number of aryl methyl sites for hydroxylation is 1. The number of amides is 2. The maximum Gasteiger partial charge on any atom is 0.246 e. The summed E-state index contributed by atoms with van der Waals surface area (Å²) in [5.74, 6) is -0.0488. The van der Waals surface area contributed by atoms with Crippen molar-refractivity contribution in [2.75, 3.05) is 18.4 Å². The normalized spacial score (nSPS) is 15.1. The standard InChI is InChI=1S/C23H23N3O2S/c1-16-24-20-9-8-19(15-21(20)29-16)25-23(28)18-11-13-26(14-12-18)22(27)10-7-17-5-3-2-4-6-17/h2-10,15,18H,11-14H2,1H3,(H,25,28)/b10-7+. The van der Waals surface area contributed by atoms with Crippen LogP contribution >= 0.6 is 11.3 Å². The minimum absolute atomic E-state index is 0.00118. The number of piperidine rings is 1. The predicted octanol–water partition coefficient (Wildman–Crippen LogP) is 4.50. The average Bonchev–Trinajstić information content (AvgIpc) is 3.12. The highest BCUT2D eigenvalue weighted by atomic mass is 32.1. The molecule has 0 bridgehead atoms. The molecule has 1 fully saturated rings. The average molecular weight is 406 g/mol. The molecule has 3 aromatic rings. The highest BCUT2D eigenvalue weighted by Gasteiger charge is 2.26. The van der Waals surface area contributed by atoms with Gasteiger partial charge in [-0.3, -0.25) is 9.59 Å². The van der Waals surface area contributed by atoms with Crippen LogP contribution in [0.15, 0.2) is 54.6 Å². The molecule has 0 aliphatic carbocycles. The number of nitrogens with zero attached hydrogens (tertiary/aromatic N) is 2. The molecule has 0 atom stereocenters. The van der Waals surface area contributed by atoms with Crippen molar-refractivity contribution in [3.8, 4) is 0 Å². The van der Waals surface area contributed by atoms with Crippen molar-refractivity contribution >= 4 is 45.1 Å². The van der Waals surface area contributed by atoms with E-state index in [0.717, 1.165) is 26.5 Å². The van der Waals surface area contributed by atoms with Gasteiger partial charge < -0.3 is 10.2 Å². The number of nitrogens with one attached hydrogen (secondary N) is 1. The quantitative estimate of drug-likeness (QED) is 0.650. The van der Waals surface area contributed by atoms with Crippen LogP contribution in [-0.4, -0.2) is 34.8 Å². The second-order valence-corrected chi connectivity index (χ2v) is 8.48. The van der Waals surface area contributed by atoms with E-state index in [1.807, 2.05) is 66.4 Å². The monoisotopic (exact) mass is 405 g/mol. The zero-order chi connectivity index (χ0) is 20.2. The number of thiazole rings is 1. The number of rotatable bonds is 4. The number of hydrogen-bond donors (Lipinski definition) is 1. The predicted molar refractivity (Wildman–Crippen MR) is 118 cm³/mol. The van der Waals surface area contributed by atoms with Crippen molar-refractivity contribution in [3.63, 3.8) is 0 Å². The first-order valence-corrected chi connectivity index (χ1v) is 10.6. The molecule has 2 amide bonds. The minimum Gasteiger partial charge on any atom is -0.339 e. The van der Waals surface area contributed by atoms with E-state index in [1.54, 1.807) is 17.4 Å². The smallest absolute Gasteiger partial charge is 0.246 e. The highest BCUT2D eigenvalue weighted by molar-refractivity contribution is 7.18. The van der Waals surface area contributed by atoms with Gasteiger partial charge >= 0.3 is 0 Å².